The molecule has 0 atom stereocenters. The van der Waals surface area contributed by atoms with Crippen molar-refractivity contribution in [1.82, 2.24) is 4.72 Å². The highest BCUT2D eigenvalue weighted by molar-refractivity contribution is 7.97. The second-order valence-corrected chi connectivity index (χ2v) is 5.27. The van der Waals surface area contributed by atoms with Gasteiger partial charge in [-0.15, -0.1) is 0 Å². The smallest absolute Gasteiger partial charge is 0.309 e. The first-order chi connectivity index (χ1) is 9.78. The summed E-state index contributed by atoms with van der Waals surface area (Å²) in [6, 6.07) is 18.1. The summed E-state index contributed by atoms with van der Waals surface area (Å²) in [5.74, 6) is -0.212. The molecule has 1 N–H and O–H groups in total. The van der Waals surface area contributed by atoms with Gasteiger partial charge in [-0.25, -0.2) is 0 Å². The number of esters is 1. The van der Waals surface area contributed by atoms with E-state index in [1.165, 1.54) is 17.6 Å². The molecule has 4 heteroatoms. The van der Waals surface area contributed by atoms with Gasteiger partial charge in [-0.05, 0) is 35.2 Å². The summed E-state index contributed by atoms with van der Waals surface area (Å²) in [5.41, 5.74) is 2.15. The molecule has 0 amide bonds. The van der Waals surface area contributed by atoms with Crippen LogP contribution < -0.4 is 4.72 Å². The van der Waals surface area contributed by atoms with Crippen molar-refractivity contribution < 1.29 is 9.53 Å². The standard InChI is InChI=1S/C16H17NO2S/c1-19-16(18)11-13-7-9-14(10-8-13)12-17-20-15-5-3-2-4-6-15/h2-10,17H,11-12H2,1H3. The number of methoxy groups -OCH3 is 1. The Morgan fingerprint density at radius 2 is 1.70 bits per heavy atom. The molecule has 0 saturated carbocycles. The van der Waals surface area contributed by atoms with E-state index < -0.39 is 0 Å². The second-order valence-electron chi connectivity index (χ2n) is 4.31. The van der Waals surface area contributed by atoms with Crippen molar-refractivity contribution in [3.8, 4) is 0 Å². The van der Waals surface area contributed by atoms with Gasteiger partial charge in [0.15, 0.2) is 0 Å². The molecule has 0 bridgehead atoms. The monoisotopic (exact) mass is 287 g/mol. The lowest BCUT2D eigenvalue weighted by molar-refractivity contribution is -0.139. The van der Waals surface area contributed by atoms with E-state index in [0.29, 0.717) is 6.42 Å². The van der Waals surface area contributed by atoms with Crippen LogP contribution in [0.1, 0.15) is 11.1 Å². The summed E-state index contributed by atoms with van der Waals surface area (Å²) in [5, 5.41) is 0. The lowest BCUT2D eigenvalue weighted by Gasteiger charge is -2.05. The van der Waals surface area contributed by atoms with Gasteiger partial charge in [0.25, 0.3) is 0 Å². The van der Waals surface area contributed by atoms with E-state index in [4.69, 9.17) is 0 Å². The lowest BCUT2D eigenvalue weighted by Crippen LogP contribution is -2.05. The average Bonchev–Trinajstić information content (AvgIpc) is 2.50. The number of hydrogen-bond donors (Lipinski definition) is 1. The van der Waals surface area contributed by atoms with Gasteiger partial charge >= 0.3 is 5.97 Å². The molecule has 0 fully saturated rings. The summed E-state index contributed by atoms with van der Waals surface area (Å²) in [6.45, 7) is 0.776. The van der Waals surface area contributed by atoms with Crippen molar-refractivity contribution in [3.05, 3.63) is 65.7 Å². The third-order valence-corrected chi connectivity index (χ3v) is 3.61. The van der Waals surface area contributed by atoms with Gasteiger partial charge in [0, 0.05) is 11.4 Å². The summed E-state index contributed by atoms with van der Waals surface area (Å²) >= 11 is 1.61. The van der Waals surface area contributed by atoms with E-state index in [-0.39, 0.29) is 5.97 Å². The first kappa shape index (κ1) is 14.6. The molecule has 0 heterocycles. The van der Waals surface area contributed by atoms with Gasteiger partial charge in [-0.1, -0.05) is 42.5 Å². The Morgan fingerprint density at radius 3 is 2.35 bits per heavy atom. The summed E-state index contributed by atoms with van der Waals surface area (Å²) < 4.78 is 7.96. The number of hydrogen-bond acceptors (Lipinski definition) is 4. The summed E-state index contributed by atoms with van der Waals surface area (Å²) in [7, 11) is 1.40. The molecule has 0 aliphatic carbocycles. The molecule has 3 nitrogen and oxygen atoms in total. The zero-order valence-electron chi connectivity index (χ0n) is 11.3. The Bertz CT molecular complexity index is 540. The fraction of sp³-hybridized carbons (Fsp3) is 0.188. The Morgan fingerprint density at radius 1 is 1.05 bits per heavy atom. The molecule has 0 radical (unpaired) electrons. The fourth-order valence-electron chi connectivity index (χ4n) is 1.71. The molecule has 2 aromatic carbocycles. The molecule has 0 spiro atoms. The lowest BCUT2D eigenvalue weighted by atomic mass is 10.1. The van der Waals surface area contributed by atoms with Crippen LogP contribution in [0.25, 0.3) is 0 Å². The molecule has 20 heavy (non-hydrogen) atoms. The molecule has 0 aliphatic heterocycles. The normalized spacial score (nSPS) is 10.2. The fourth-order valence-corrected chi connectivity index (χ4v) is 2.40. The SMILES string of the molecule is COC(=O)Cc1ccc(CNSc2ccccc2)cc1. The van der Waals surface area contributed by atoms with Crippen LogP contribution in [0.2, 0.25) is 0 Å². The van der Waals surface area contributed by atoms with Crippen LogP contribution in [0, 0.1) is 0 Å². The van der Waals surface area contributed by atoms with Crippen LogP contribution in [-0.4, -0.2) is 13.1 Å². The molecular formula is C16H17NO2S. The van der Waals surface area contributed by atoms with Gasteiger partial charge in [-0.2, -0.15) is 0 Å². The van der Waals surface area contributed by atoms with Crippen LogP contribution in [0.15, 0.2) is 59.5 Å². The Kier molecular flexibility index (Phi) is 5.65. The highest BCUT2D eigenvalue weighted by Gasteiger charge is 2.02. The third kappa shape index (κ3) is 4.72. The van der Waals surface area contributed by atoms with Crippen molar-refractivity contribution in [3.63, 3.8) is 0 Å². The zero-order chi connectivity index (χ0) is 14.2. The summed E-state index contributed by atoms with van der Waals surface area (Å²) in [4.78, 5) is 12.3. The van der Waals surface area contributed by atoms with Gasteiger partial charge in [-0.3, -0.25) is 9.52 Å². The van der Waals surface area contributed by atoms with Crippen molar-refractivity contribution in [1.29, 1.82) is 0 Å². The highest BCUT2D eigenvalue weighted by Crippen LogP contribution is 2.14. The maximum absolute atomic E-state index is 11.2. The van der Waals surface area contributed by atoms with E-state index in [1.54, 1.807) is 11.9 Å². The van der Waals surface area contributed by atoms with E-state index >= 15 is 0 Å². The zero-order valence-corrected chi connectivity index (χ0v) is 12.2. The number of benzene rings is 2. The van der Waals surface area contributed by atoms with Crippen molar-refractivity contribution in [2.75, 3.05) is 7.11 Å². The predicted octanol–water partition coefficient (Wildman–Crippen LogP) is 3.20. The molecule has 0 aliphatic rings. The third-order valence-electron chi connectivity index (χ3n) is 2.81. The number of ether oxygens (including phenoxy) is 1. The number of rotatable bonds is 6. The molecule has 2 rings (SSSR count). The van der Waals surface area contributed by atoms with Crippen LogP contribution in [0.5, 0.6) is 0 Å². The molecular weight excluding hydrogens is 270 g/mol. The molecule has 104 valence electrons. The molecule has 0 unspecified atom stereocenters. The van der Waals surface area contributed by atoms with Gasteiger partial charge in [0.2, 0.25) is 0 Å². The van der Waals surface area contributed by atoms with Gasteiger partial charge in [0.05, 0.1) is 13.5 Å². The average molecular weight is 287 g/mol. The van der Waals surface area contributed by atoms with Crippen LogP contribution in [-0.2, 0) is 22.5 Å². The Balaban J connectivity index is 1.80. The molecule has 0 saturated heterocycles. The van der Waals surface area contributed by atoms with Gasteiger partial charge in [0.1, 0.15) is 0 Å². The maximum atomic E-state index is 11.2. The van der Waals surface area contributed by atoms with Crippen molar-refractivity contribution >= 4 is 17.9 Å². The predicted molar refractivity (Wildman–Crippen MR) is 81.3 cm³/mol. The van der Waals surface area contributed by atoms with Crippen LogP contribution in [0.4, 0.5) is 0 Å². The quantitative estimate of drug-likeness (QED) is 0.654. The van der Waals surface area contributed by atoms with E-state index in [9.17, 15) is 4.79 Å². The Hall–Kier alpha value is -1.78. The largest absolute Gasteiger partial charge is 0.469 e. The summed E-state index contributed by atoms with van der Waals surface area (Å²) in [6.07, 6.45) is 0.322. The maximum Gasteiger partial charge on any atom is 0.309 e. The minimum Gasteiger partial charge on any atom is -0.469 e. The van der Waals surface area contributed by atoms with E-state index in [1.807, 2.05) is 42.5 Å². The minimum atomic E-state index is -0.212. The van der Waals surface area contributed by atoms with Crippen LogP contribution in [0.3, 0.4) is 0 Å². The van der Waals surface area contributed by atoms with Gasteiger partial charge < -0.3 is 4.74 Å². The molecule has 2 aromatic rings. The Labute approximate surface area is 123 Å². The van der Waals surface area contributed by atoms with E-state index in [0.717, 1.165) is 12.1 Å². The van der Waals surface area contributed by atoms with Crippen molar-refractivity contribution in [2.24, 2.45) is 0 Å². The number of nitrogens with one attached hydrogen (secondary N) is 1. The second kappa shape index (κ2) is 7.72. The van der Waals surface area contributed by atoms with Crippen LogP contribution >= 0.6 is 11.9 Å². The minimum absolute atomic E-state index is 0.212. The highest BCUT2D eigenvalue weighted by atomic mass is 32.2. The number of carbonyl (C=O) groups is 1. The molecule has 0 aromatic heterocycles. The number of carbonyl (C=O) groups excluding carboxylic acids is 1. The topological polar surface area (TPSA) is 38.3 Å². The van der Waals surface area contributed by atoms with E-state index in [2.05, 4.69) is 21.6 Å². The first-order valence-corrected chi connectivity index (χ1v) is 7.19. The van der Waals surface area contributed by atoms with Crippen molar-refractivity contribution in [2.45, 2.75) is 17.9 Å². The first-order valence-electron chi connectivity index (χ1n) is 6.37.